The molecule has 0 amide bonds. The van der Waals surface area contributed by atoms with Crippen molar-refractivity contribution in [3.8, 4) is 17.0 Å². The number of aromatic carboxylic acids is 1. The molecule has 33 heavy (non-hydrogen) atoms. The fourth-order valence-corrected chi connectivity index (χ4v) is 4.05. The van der Waals surface area contributed by atoms with Crippen molar-refractivity contribution in [2.24, 2.45) is 0 Å². The van der Waals surface area contributed by atoms with E-state index in [2.05, 4.69) is 15.3 Å². The fourth-order valence-electron chi connectivity index (χ4n) is 4.05. The summed E-state index contributed by atoms with van der Waals surface area (Å²) in [5.74, 6) is -0.111. The van der Waals surface area contributed by atoms with Crippen LogP contribution in [-0.2, 0) is 13.0 Å². The maximum atomic E-state index is 14.0. The van der Waals surface area contributed by atoms with Gasteiger partial charge in [-0.25, -0.2) is 19.2 Å². The second-order valence-corrected chi connectivity index (χ2v) is 7.72. The quantitative estimate of drug-likeness (QED) is 0.397. The van der Waals surface area contributed by atoms with Gasteiger partial charge >= 0.3 is 5.97 Å². The second kappa shape index (κ2) is 9.28. The Hall–Kier alpha value is -3.94. The number of halogens is 1. The van der Waals surface area contributed by atoms with Gasteiger partial charge in [0.05, 0.1) is 23.9 Å². The summed E-state index contributed by atoms with van der Waals surface area (Å²) in [5, 5.41) is 13.5. The minimum absolute atomic E-state index is 0.302. The molecule has 0 saturated heterocycles. The Balaban J connectivity index is 1.52. The van der Waals surface area contributed by atoms with Crippen molar-refractivity contribution in [1.82, 2.24) is 14.5 Å². The lowest BCUT2D eigenvalue weighted by Gasteiger charge is -2.12. The van der Waals surface area contributed by atoms with Crippen LogP contribution in [0.25, 0.3) is 22.2 Å². The molecule has 0 saturated carbocycles. The number of nitrogens with one attached hydrogen (secondary N) is 1. The summed E-state index contributed by atoms with van der Waals surface area (Å²) in [7, 11) is 1.54. The van der Waals surface area contributed by atoms with Gasteiger partial charge in [0.25, 0.3) is 0 Å². The molecule has 0 atom stereocenters. The number of benzene rings is 2. The summed E-state index contributed by atoms with van der Waals surface area (Å²) >= 11 is 0. The maximum Gasteiger partial charge on any atom is 0.335 e. The standard InChI is InChI=1S/C25H25FN4O3/c1-4-16-10-17(5-6-19(16)25(31)32)21-13-24(29-14-28-21)27-7-8-30-15(2)9-20-22(30)11-18(26)12-23(20)33-3/h5-6,9-14H,4,7-8H2,1-3H3,(H,31,32)(H,27,28,29). The average molecular weight is 448 g/mol. The van der Waals surface area contributed by atoms with Crippen LogP contribution in [0.3, 0.4) is 0 Å². The van der Waals surface area contributed by atoms with Gasteiger partial charge < -0.3 is 19.7 Å². The van der Waals surface area contributed by atoms with Gasteiger partial charge in [0.2, 0.25) is 0 Å². The number of ether oxygens (including phenoxy) is 1. The number of hydrogen-bond acceptors (Lipinski definition) is 5. The number of aryl methyl sites for hydroxylation is 2. The Morgan fingerprint density at radius 1 is 1.18 bits per heavy atom. The van der Waals surface area contributed by atoms with Crippen LogP contribution in [0.15, 0.2) is 48.8 Å². The van der Waals surface area contributed by atoms with Gasteiger partial charge in [0, 0.05) is 41.9 Å². The minimum atomic E-state index is -0.936. The molecule has 0 aliphatic carbocycles. The number of aromatic nitrogens is 3. The summed E-state index contributed by atoms with van der Waals surface area (Å²) in [4.78, 5) is 20.0. The molecule has 2 aromatic heterocycles. The van der Waals surface area contributed by atoms with E-state index in [9.17, 15) is 14.3 Å². The normalized spacial score (nSPS) is 11.0. The number of carboxylic acids is 1. The van der Waals surface area contributed by atoms with E-state index in [-0.39, 0.29) is 5.82 Å². The molecule has 0 fully saturated rings. The predicted octanol–water partition coefficient (Wildman–Crippen LogP) is 4.93. The Kier molecular flexibility index (Phi) is 6.26. The van der Waals surface area contributed by atoms with E-state index in [0.717, 1.165) is 27.7 Å². The van der Waals surface area contributed by atoms with Gasteiger partial charge in [0.15, 0.2) is 0 Å². The zero-order valence-electron chi connectivity index (χ0n) is 18.7. The van der Waals surface area contributed by atoms with Crippen LogP contribution in [0.2, 0.25) is 0 Å². The van der Waals surface area contributed by atoms with Crippen LogP contribution >= 0.6 is 0 Å². The predicted molar refractivity (Wildman–Crippen MR) is 125 cm³/mol. The number of methoxy groups -OCH3 is 1. The number of fused-ring (bicyclic) bond motifs is 1. The average Bonchev–Trinajstić information content (AvgIpc) is 3.13. The molecule has 0 radical (unpaired) electrons. The first-order chi connectivity index (χ1) is 15.9. The van der Waals surface area contributed by atoms with Crippen molar-refractivity contribution in [3.05, 3.63) is 71.4 Å². The van der Waals surface area contributed by atoms with E-state index >= 15 is 0 Å². The van der Waals surface area contributed by atoms with Gasteiger partial charge in [-0.1, -0.05) is 13.0 Å². The molecular formula is C25H25FN4O3. The molecule has 0 bridgehead atoms. The molecule has 0 spiro atoms. The van der Waals surface area contributed by atoms with Crippen LogP contribution in [-0.4, -0.2) is 39.3 Å². The van der Waals surface area contributed by atoms with Crippen molar-refractivity contribution in [2.45, 2.75) is 26.8 Å². The smallest absolute Gasteiger partial charge is 0.335 e. The second-order valence-electron chi connectivity index (χ2n) is 7.72. The molecule has 7 nitrogen and oxygen atoms in total. The Bertz CT molecular complexity index is 1330. The van der Waals surface area contributed by atoms with E-state index < -0.39 is 5.97 Å². The molecule has 8 heteroatoms. The maximum absolute atomic E-state index is 14.0. The van der Waals surface area contributed by atoms with E-state index in [1.165, 1.54) is 25.6 Å². The summed E-state index contributed by atoms with van der Waals surface area (Å²) < 4.78 is 21.4. The molecular weight excluding hydrogens is 423 g/mol. The first kappa shape index (κ1) is 22.3. The molecule has 2 N–H and O–H groups in total. The lowest BCUT2D eigenvalue weighted by molar-refractivity contribution is 0.0695. The number of carboxylic acid groups (broad SMARTS) is 1. The van der Waals surface area contributed by atoms with E-state index in [1.54, 1.807) is 12.1 Å². The van der Waals surface area contributed by atoms with Crippen LogP contribution < -0.4 is 10.1 Å². The van der Waals surface area contributed by atoms with Crippen LogP contribution in [0.1, 0.15) is 28.5 Å². The highest BCUT2D eigenvalue weighted by Crippen LogP contribution is 2.30. The number of anilines is 1. The van der Waals surface area contributed by atoms with Crippen molar-refractivity contribution >= 4 is 22.7 Å². The van der Waals surface area contributed by atoms with Gasteiger partial charge in [0.1, 0.15) is 23.7 Å². The highest BCUT2D eigenvalue weighted by atomic mass is 19.1. The summed E-state index contributed by atoms with van der Waals surface area (Å²) in [5.41, 5.74) is 4.37. The molecule has 2 aromatic carbocycles. The van der Waals surface area contributed by atoms with E-state index in [1.807, 2.05) is 36.6 Å². The van der Waals surface area contributed by atoms with Crippen molar-refractivity contribution in [1.29, 1.82) is 0 Å². The molecule has 0 aliphatic rings. The van der Waals surface area contributed by atoms with Crippen molar-refractivity contribution in [2.75, 3.05) is 19.0 Å². The molecule has 4 rings (SSSR count). The van der Waals surface area contributed by atoms with Gasteiger partial charge in [-0.15, -0.1) is 0 Å². The first-order valence-electron chi connectivity index (χ1n) is 10.7. The summed E-state index contributed by atoms with van der Waals surface area (Å²) in [6.45, 7) is 5.08. The number of carbonyl (C=O) groups is 1. The molecule has 0 aliphatic heterocycles. The van der Waals surface area contributed by atoms with Crippen molar-refractivity contribution in [3.63, 3.8) is 0 Å². The van der Waals surface area contributed by atoms with E-state index in [0.29, 0.717) is 42.3 Å². The zero-order chi connectivity index (χ0) is 23.5. The molecule has 0 unspecified atom stereocenters. The zero-order valence-corrected chi connectivity index (χ0v) is 18.7. The minimum Gasteiger partial charge on any atom is -0.496 e. The Morgan fingerprint density at radius 2 is 2.00 bits per heavy atom. The monoisotopic (exact) mass is 448 g/mol. The van der Waals surface area contributed by atoms with Crippen LogP contribution in [0.4, 0.5) is 10.2 Å². The number of hydrogen-bond donors (Lipinski definition) is 2. The highest BCUT2D eigenvalue weighted by molar-refractivity contribution is 5.90. The van der Waals surface area contributed by atoms with Crippen molar-refractivity contribution < 1.29 is 19.0 Å². The largest absolute Gasteiger partial charge is 0.496 e. The summed E-state index contributed by atoms with van der Waals surface area (Å²) in [6.07, 6.45) is 2.09. The first-order valence-corrected chi connectivity index (χ1v) is 10.7. The van der Waals surface area contributed by atoms with Crippen LogP contribution in [0, 0.1) is 12.7 Å². The molecule has 2 heterocycles. The SMILES string of the molecule is CCc1cc(-c2cc(NCCn3c(C)cc4c(OC)cc(F)cc43)ncn2)ccc1C(=O)O. The van der Waals surface area contributed by atoms with Gasteiger partial charge in [-0.3, -0.25) is 0 Å². The Morgan fingerprint density at radius 3 is 2.73 bits per heavy atom. The topological polar surface area (TPSA) is 89.3 Å². The van der Waals surface area contributed by atoms with Gasteiger partial charge in [-0.05, 0) is 43.2 Å². The third kappa shape index (κ3) is 4.50. The number of rotatable bonds is 8. The highest BCUT2D eigenvalue weighted by Gasteiger charge is 2.13. The summed E-state index contributed by atoms with van der Waals surface area (Å²) in [6, 6.07) is 11.9. The van der Waals surface area contributed by atoms with Crippen LogP contribution in [0.5, 0.6) is 5.75 Å². The van der Waals surface area contributed by atoms with E-state index in [4.69, 9.17) is 4.74 Å². The molecule has 170 valence electrons. The third-order valence-electron chi connectivity index (χ3n) is 5.70. The Labute approximate surface area is 190 Å². The number of nitrogens with zero attached hydrogens (tertiary/aromatic N) is 3. The fraction of sp³-hybridized carbons (Fsp3) is 0.240. The lowest BCUT2D eigenvalue weighted by atomic mass is 10.0. The molecule has 4 aromatic rings. The lowest BCUT2D eigenvalue weighted by Crippen LogP contribution is -2.12. The third-order valence-corrected chi connectivity index (χ3v) is 5.70. The van der Waals surface area contributed by atoms with Gasteiger partial charge in [-0.2, -0.15) is 0 Å².